The molecule has 0 saturated carbocycles. The highest BCUT2D eigenvalue weighted by Crippen LogP contribution is 2.39. The van der Waals surface area contributed by atoms with Crippen LogP contribution in [0.3, 0.4) is 0 Å². The largest absolute Gasteiger partial charge is 0.451 e. The number of carbonyl (C=O) groups excluding carboxylic acids is 1. The number of halogens is 2. The molecule has 2 aliphatic rings. The molecule has 5 rings (SSSR count). The predicted molar refractivity (Wildman–Crippen MR) is 134 cm³/mol. The molecule has 0 bridgehead atoms. The molecule has 1 N–H and O–H groups in total. The average Bonchev–Trinajstić information content (AvgIpc) is 3.44. The number of sulfonamides is 1. The second kappa shape index (κ2) is 10.5. The zero-order chi connectivity index (χ0) is 26.9. The highest BCUT2D eigenvalue weighted by Gasteiger charge is 2.42. The van der Waals surface area contributed by atoms with Crippen LogP contribution in [0.5, 0.6) is 0 Å². The number of aromatic nitrogens is 1. The summed E-state index contributed by atoms with van der Waals surface area (Å²) in [6, 6.07) is 10.7. The second-order valence-electron chi connectivity index (χ2n) is 9.86. The van der Waals surface area contributed by atoms with E-state index in [1.807, 2.05) is 6.07 Å². The van der Waals surface area contributed by atoms with Crippen molar-refractivity contribution >= 4 is 15.9 Å². The van der Waals surface area contributed by atoms with Crippen molar-refractivity contribution in [3.63, 3.8) is 0 Å². The Hall–Kier alpha value is -3.15. The Morgan fingerprint density at radius 2 is 1.87 bits per heavy atom. The number of hydrogen-bond acceptors (Lipinski definition) is 6. The number of hydrogen-bond donors (Lipinski definition) is 1. The van der Waals surface area contributed by atoms with Gasteiger partial charge in [0.05, 0.1) is 5.54 Å². The van der Waals surface area contributed by atoms with Crippen molar-refractivity contribution < 1.29 is 31.1 Å². The van der Waals surface area contributed by atoms with Gasteiger partial charge in [0.2, 0.25) is 10.0 Å². The number of amides is 1. The Labute approximate surface area is 220 Å². The maximum atomic E-state index is 15.7. The summed E-state index contributed by atoms with van der Waals surface area (Å²) in [5.74, 6) is -2.05. The van der Waals surface area contributed by atoms with Crippen molar-refractivity contribution in [1.82, 2.24) is 14.6 Å². The molecule has 38 heavy (non-hydrogen) atoms. The monoisotopic (exact) mass is 545 g/mol. The number of nitrogens with one attached hydrogen (secondary N) is 1. The molecule has 2 fully saturated rings. The van der Waals surface area contributed by atoms with Crippen LogP contribution < -0.4 is 5.32 Å². The number of ether oxygens (including phenoxy) is 1. The van der Waals surface area contributed by atoms with E-state index in [0.29, 0.717) is 18.4 Å². The minimum atomic E-state index is -3.82. The fourth-order valence-electron chi connectivity index (χ4n) is 5.38. The van der Waals surface area contributed by atoms with E-state index in [2.05, 4.69) is 10.3 Å². The van der Waals surface area contributed by atoms with Crippen LogP contribution >= 0.6 is 0 Å². The normalized spacial score (nSPS) is 23.1. The number of rotatable bonds is 6. The zero-order valence-electron chi connectivity index (χ0n) is 20.9. The van der Waals surface area contributed by atoms with Gasteiger partial charge in [0, 0.05) is 36.9 Å². The van der Waals surface area contributed by atoms with Crippen molar-refractivity contribution in [2.45, 2.75) is 56.0 Å². The Morgan fingerprint density at radius 1 is 1.13 bits per heavy atom. The van der Waals surface area contributed by atoms with E-state index < -0.39 is 38.4 Å². The maximum Gasteiger partial charge on any atom is 0.273 e. The van der Waals surface area contributed by atoms with Gasteiger partial charge in [-0.1, -0.05) is 30.3 Å². The van der Waals surface area contributed by atoms with Gasteiger partial charge in [-0.3, -0.25) is 4.79 Å². The first-order valence-electron chi connectivity index (χ1n) is 12.5. The van der Waals surface area contributed by atoms with Crippen molar-refractivity contribution in [3.8, 4) is 0 Å². The zero-order valence-corrected chi connectivity index (χ0v) is 21.7. The van der Waals surface area contributed by atoms with Gasteiger partial charge in [-0.15, -0.1) is 0 Å². The molecule has 2 atom stereocenters. The minimum Gasteiger partial charge on any atom is -0.451 e. The van der Waals surface area contributed by atoms with Crippen LogP contribution in [0, 0.1) is 11.6 Å². The summed E-state index contributed by atoms with van der Waals surface area (Å²) in [7, 11) is -3.82. The van der Waals surface area contributed by atoms with Crippen LogP contribution in [0.1, 0.15) is 65.0 Å². The molecule has 1 amide bonds. The summed E-state index contributed by atoms with van der Waals surface area (Å²) >= 11 is 0. The lowest BCUT2D eigenvalue weighted by molar-refractivity contribution is 0.0330. The van der Waals surface area contributed by atoms with E-state index in [0.717, 1.165) is 18.5 Å². The smallest absolute Gasteiger partial charge is 0.273 e. The number of carbonyl (C=O) groups is 1. The van der Waals surface area contributed by atoms with Gasteiger partial charge >= 0.3 is 0 Å². The van der Waals surface area contributed by atoms with Gasteiger partial charge in [0.1, 0.15) is 23.1 Å². The topological polar surface area (TPSA) is 102 Å². The second-order valence-corrected chi connectivity index (χ2v) is 11.9. The van der Waals surface area contributed by atoms with Crippen LogP contribution in [0.15, 0.2) is 59.5 Å². The van der Waals surface area contributed by atoms with Crippen molar-refractivity contribution in [2.75, 3.05) is 13.2 Å². The number of benzene rings is 2. The lowest BCUT2D eigenvalue weighted by Gasteiger charge is -2.39. The van der Waals surface area contributed by atoms with Crippen LogP contribution in [0.4, 0.5) is 8.78 Å². The summed E-state index contributed by atoms with van der Waals surface area (Å²) in [6.45, 7) is 1.97. The molecule has 2 saturated heterocycles. The Kier molecular flexibility index (Phi) is 7.34. The molecule has 3 heterocycles. The summed E-state index contributed by atoms with van der Waals surface area (Å²) in [5.41, 5.74) is -0.613. The first-order valence-corrected chi connectivity index (χ1v) is 14.0. The molecular weight excluding hydrogens is 516 g/mol. The highest BCUT2D eigenvalue weighted by atomic mass is 32.2. The number of nitrogens with zero attached hydrogens (tertiary/aromatic N) is 2. The minimum absolute atomic E-state index is 0.0180. The van der Waals surface area contributed by atoms with Crippen LogP contribution in [-0.4, -0.2) is 42.9 Å². The van der Waals surface area contributed by atoms with E-state index in [1.54, 1.807) is 31.2 Å². The predicted octanol–water partition coefficient (Wildman–Crippen LogP) is 4.44. The molecule has 8 nitrogen and oxygen atoms in total. The first-order chi connectivity index (χ1) is 18.2. The summed E-state index contributed by atoms with van der Waals surface area (Å²) < 4.78 is 69.9. The summed E-state index contributed by atoms with van der Waals surface area (Å²) in [6.07, 6.45) is 3.78. The van der Waals surface area contributed by atoms with Crippen molar-refractivity contribution in [1.29, 1.82) is 0 Å². The molecule has 0 radical (unpaired) electrons. The van der Waals surface area contributed by atoms with Crippen LogP contribution in [0.25, 0.3) is 0 Å². The Morgan fingerprint density at radius 3 is 2.55 bits per heavy atom. The fourth-order valence-corrected chi connectivity index (χ4v) is 7.57. The van der Waals surface area contributed by atoms with Gasteiger partial charge < -0.3 is 14.5 Å². The third-order valence-corrected chi connectivity index (χ3v) is 9.91. The van der Waals surface area contributed by atoms with E-state index in [1.165, 1.54) is 10.6 Å². The van der Waals surface area contributed by atoms with E-state index >= 15 is 8.78 Å². The summed E-state index contributed by atoms with van der Waals surface area (Å²) in [5, 5.41) is 2.06. The van der Waals surface area contributed by atoms with E-state index in [-0.39, 0.29) is 55.5 Å². The van der Waals surface area contributed by atoms with E-state index in [9.17, 15) is 13.2 Å². The van der Waals surface area contributed by atoms with E-state index in [4.69, 9.17) is 9.15 Å². The lowest BCUT2D eigenvalue weighted by atomic mass is 9.81. The van der Waals surface area contributed by atoms with Gasteiger partial charge in [0.15, 0.2) is 12.1 Å². The van der Waals surface area contributed by atoms with Crippen LogP contribution in [0.2, 0.25) is 0 Å². The Balaban J connectivity index is 1.45. The van der Waals surface area contributed by atoms with Gasteiger partial charge in [-0.05, 0) is 50.3 Å². The average molecular weight is 546 g/mol. The first kappa shape index (κ1) is 26.5. The Bertz CT molecular complexity index is 1390. The quantitative estimate of drug-likeness (QED) is 0.491. The van der Waals surface area contributed by atoms with Crippen molar-refractivity contribution in [3.05, 3.63) is 89.1 Å². The fraction of sp³-hybridized carbons (Fsp3) is 0.407. The molecule has 0 unspecified atom stereocenters. The maximum absolute atomic E-state index is 15.7. The standard InChI is InChI=1S/C27H29F2N3O5S/c1-18-7-8-25(19-5-3-2-4-6-19)38(34,35)32(18)15-20-13-23(29)21(14-22(20)28)27(9-11-36-12-10-27)31-26(33)24-16-37-17-30-24/h2-6,13-14,16-18,25H,7-12,15H2,1H3,(H,31,33)/t18-,25+/m0/s1. The third-order valence-electron chi connectivity index (χ3n) is 7.54. The van der Waals surface area contributed by atoms with Gasteiger partial charge in [-0.25, -0.2) is 22.2 Å². The molecule has 202 valence electrons. The molecule has 3 aromatic rings. The SMILES string of the molecule is C[C@H]1CC[C@H](c2ccccc2)S(=O)(=O)N1Cc1cc(F)c(C2(NC(=O)c3cocn3)CCOCC2)cc1F. The summed E-state index contributed by atoms with van der Waals surface area (Å²) in [4.78, 5) is 16.6. The number of oxazole rings is 1. The molecule has 2 aliphatic heterocycles. The molecule has 2 aromatic carbocycles. The molecule has 0 spiro atoms. The van der Waals surface area contributed by atoms with Gasteiger partial charge in [-0.2, -0.15) is 4.31 Å². The van der Waals surface area contributed by atoms with Gasteiger partial charge in [0.25, 0.3) is 5.91 Å². The highest BCUT2D eigenvalue weighted by molar-refractivity contribution is 7.89. The molecular formula is C27H29F2N3O5S. The molecule has 0 aliphatic carbocycles. The third kappa shape index (κ3) is 4.97. The van der Waals surface area contributed by atoms with Crippen LogP contribution in [-0.2, 0) is 26.8 Å². The molecule has 1 aromatic heterocycles. The lowest BCUT2D eigenvalue weighted by Crippen LogP contribution is -2.50. The molecule has 11 heteroatoms. The van der Waals surface area contributed by atoms with Crippen molar-refractivity contribution in [2.24, 2.45) is 0 Å².